The van der Waals surface area contributed by atoms with Crippen molar-refractivity contribution in [2.45, 2.75) is 26.4 Å². The van der Waals surface area contributed by atoms with E-state index < -0.39 is 0 Å². The second kappa shape index (κ2) is 5.00. The molecule has 0 bridgehead atoms. The van der Waals surface area contributed by atoms with Crippen LogP contribution < -0.4 is 10.6 Å². The van der Waals surface area contributed by atoms with E-state index in [1.165, 1.54) is 7.11 Å². The van der Waals surface area contributed by atoms with Crippen molar-refractivity contribution in [3.05, 3.63) is 23.3 Å². The van der Waals surface area contributed by atoms with Gasteiger partial charge in [0, 0.05) is 5.56 Å². The molecule has 0 aliphatic heterocycles. The largest absolute Gasteiger partial charge is 0.504 e. The van der Waals surface area contributed by atoms with Gasteiger partial charge in [-0.15, -0.1) is 0 Å². The predicted molar refractivity (Wildman–Crippen MR) is 57.7 cm³/mol. The Balaban J connectivity index is 3.24. The molecule has 84 valence electrons. The van der Waals surface area contributed by atoms with Crippen molar-refractivity contribution in [3.63, 3.8) is 0 Å². The summed E-state index contributed by atoms with van der Waals surface area (Å²) in [7, 11) is 1.51. The quantitative estimate of drug-likeness (QED) is 0.747. The lowest BCUT2D eigenvalue weighted by atomic mass is 9.96. The summed E-state index contributed by atoms with van der Waals surface area (Å²) in [6.07, 6.45) is 0. The first kappa shape index (κ1) is 11.8. The van der Waals surface area contributed by atoms with Gasteiger partial charge in [0.05, 0.1) is 13.7 Å². The van der Waals surface area contributed by atoms with Crippen LogP contribution in [0.2, 0.25) is 0 Å². The molecule has 0 aliphatic rings. The number of phenolic OH excluding ortho intramolecular Hbond substituents is 1. The van der Waals surface area contributed by atoms with Gasteiger partial charge in [-0.3, -0.25) is 4.84 Å². The molecule has 3 N–H and O–H groups in total. The molecule has 4 nitrogen and oxygen atoms in total. The van der Waals surface area contributed by atoms with Crippen LogP contribution >= 0.6 is 0 Å². The Morgan fingerprint density at radius 1 is 1.40 bits per heavy atom. The highest BCUT2D eigenvalue weighted by Gasteiger charge is 2.15. The van der Waals surface area contributed by atoms with Crippen molar-refractivity contribution in [2.24, 2.45) is 5.90 Å². The van der Waals surface area contributed by atoms with Crippen LogP contribution in [0.25, 0.3) is 0 Å². The average Bonchev–Trinajstić information content (AvgIpc) is 2.20. The number of benzene rings is 1. The topological polar surface area (TPSA) is 64.7 Å². The Hall–Kier alpha value is -1.26. The molecule has 4 heteroatoms. The maximum atomic E-state index is 9.89. The van der Waals surface area contributed by atoms with Gasteiger partial charge in [-0.05, 0) is 17.5 Å². The molecule has 1 rings (SSSR count). The Labute approximate surface area is 89.6 Å². The minimum Gasteiger partial charge on any atom is -0.504 e. The maximum absolute atomic E-state index is 9.89. The van der Waals surface area contributed by atoms with E-state index in [9.17, 15) is 5.11 Å². The molecule has 0 heterocycles. The Morgan fingerprint density at radius 2 is 2.07 bits per heavy atom. The zero-order valence-electron chi connectivity index (χ0n) is 9.28. The number of aromatic hydroxyl groups is 1. The summed E-state index contributed by atoms with van der Waals surface area (Å²) in [5.41, 5.74) is 1.70. The molecule has 0 unspecified atom stereocenters. The van der Waals surface area contributed by atoms with E-state index in [0.29, 0.717) is 17.2 Å². The van der Waals surface area contributed by atoms with Crippen LogP contribution in [0.1, 0.15) is 30.9 Å². The van der Waals surface area contributed by atoms with Crippen LogP contribution in [0.4, 0.5) is 0 Å². The number of rotatable bonds is 4. The molecule has 0 radical (unpaired) electrons. The fourth-order valence-electron chi connectivity index (χ4n) is 1.57. The lowest BCUT2D eigenvalue weighted by Crippen LogP contribution is -2.04. The van der Waals surface area contributed by atoms with Crippen LogP contribution in [-0.4, -0.2) is 12.2 Å². The van der Waals surface area contributed by atoms with Crippen molar-refractivity contribution in [3.8, 4) is 11.5 Å². The van der Waals surface area contributed by atoms with E-state index in [1.54, 1.807) is 6.07 Å². The molecular formula is C11H17NO3. The van der Waals surface area contributed by atoms with Gasteiger partial charge >= 0.3 is 0 Å². The first-order valence-electron chi connectivity index (χ1n) is 4.82. The molecule has 1 aromatic carbocycles. The normalized spacial score (nSPS) is 10.7. The van der Waals surface area contributed by atoms with Gasteiger partial charge in [-0.1, -0.05) is 19.9 Å². The summed E-state index contributed by atoms with van der Waals surface area (Å²) in [4.78, 5) is 4.58. The lowest BCUT2D eigenvalue weighted by molar-refractivity contribution is 0.121. The van der Waals surface area contributed by atoms with Gasteiger partial charge in [0.1, 0.15) is 0 Å². The van der Waals surface area contributed by atoms with Crippen molar-refractivity contribution in [1.29, 1.82) is 0 Å². The van der Waals surface area contributed by atoms with Crippen LogP contribution in [0.3, 0.4) is 0 Å². The fraction of sp³-hybridized carbons (Fsp3) is 0.455. The van der Waals surface area contributed by atoms with Crippen molar-refractivity contribution in [1.82, 2.24) is 0 Å². The number of phenols is 1. The summed E-state index contributed by atoms with van der Waals surface area (Å²) >= 11 is 0. The molecule has 0 fully saturated rings. The first-order valence-corrected chi connectivity index (χ1v) is 4.82. The first-order chi connectivity index (χ1) is 7.11. The summed E-state index contributed by atoms with van der Waals surface area (Å²) in [6, 6.07) is 3.66. The number of hydrogen-bond donors (Lipinski definition) is 2. The highest BCUT2D eigenvalue weighted by Crippen LogP contribution is 2.35. The Morgan fingerprint density at radius 3 is 2.53 bits per heavy atom. The summed E-state index contributed by atoms with van der Waals surface area (Å²) in [5.74, 6) is 5.88. The van der Waals surface area contributed by atoms with Crippen LogP contribution in [0.15, 0.2) is 12.1 Å². The minimum atomic E-state index is 0.106. The van der Waals surface area contributed by atoms with Gasteiger partial charge in [0.25, 0.3) is 0 Å². The highest BCUT2D eigenvalue weighted by molar-refractivity contribution is 5.50. The smallest absolute Gasteiger partial charge is 0.163 e. The van der Waals surface area contributed by atoms with Gasteiger partial charge < -0.3 is 9.84 Å². The molecule has 0 atom stereocenters. The Kier molecular flexibility index (Phi) is 3.94. The molecule has 0 aliphatic carbocycles. The summed E-state index contributed by atoms with van der Waals surface area (Å²) < 4.78 is 5.02. The molecule has 15 heavy (non-hydrogen) atoms. The Bertz CT molecular complexity index is 337. The van der Waals surface area contributed by atoms with Gasteiger partial charge in [-0.2, -0.15) is 0 Å². The SMILES string of the molecule is COc1ccc(C(C)C)c(CON)c1O. The van der Waals surface area contributed by atoms with Crippen LogP contribution in [0.5, 0.6) is 11.5 Å². The molecule has 0 amide bonds. The minimum absolute atomic E-state index is 0.106. The number of nitrogens with two attached hydrogens (primary N) is 1. The number of hydrogen-bond acceptors (Lipinski definition) is 4. The lowest BCUT2D eigenvalue weighted by Gasteiger charge is -2.15. The third-order valence-corrected chi connectivity index (χ3v) is 2.35. The van der Waals surface area contributed by atoms with E-state index >= 15 is 0 Å². The second-order valence-corrected chi connectivity index (χ2v) is 3.65. The zero-order valence-corrected chi connectivity index (χ0v) is 9.28. The van der Waals surface area contributed by atoms with E-state index in [2.05, 4.69) is 4.84 Å². The third-order valence-electron chi connectivity index (χ3n) is 2.35. The van der Waals surface area contributed by atoms with Crippen molar-refractivity contribution in [2.75, 3.05) is 7.11 Å². The van der Waals surface area contributed by atoms with E-state index in [-0.39, 0.29) is 12.4 Å². The summed E-state index contributed by atoms with van der Waals surface area (Å²) in [5, 5.41) is 9.89. The van der Waals surface area contributed by atoms with E-state index in [4.69, 9.17) is 10.6 Å². The molecular weight excluding hydrogens is 194 g/mol. The van der Waals surface area contributed by atoms with Crippen LogP contribution in [0, 0.1) is 0 Å². The standard InChI is InChI=1S/C11H17NO3/c1-7(2)8-4-5-10(14-3)11(13)9(8)6-15-12/h4-5,7,13H,6,12H2,1-3H3. The van der Waals surface area contributed by atoms with Gasteiger partial charge in [0.2, 0.25) is 0 Å². The zero-order chi connectivity index (χ0) is 11.4. The van der Waals surface area contributed by atoms with Crippen molar-refractivity contribution >= 4 is 0 Å². The van der Waals surface area contributed by atoms with Crippen molar-refractivity contribution < 1.29 is 14.7 Å². The van der Waals surface area contributed by atoms with E-state index in [0.717, 1.165) is 5.56 Å². The fourth-order valence-corrected chi connectivity index (χ4v) is 1.57. The second-order valence-electron chi connectivity index (χ2n) is 3.65. The molecule has 0 aromatic heterocycles. The van der Waals surface area contributed by atoms with Crippen LogP contribution in [-0.2, 0) is 11.4 Å². The van der Waals surface area contributed by atoms with Gasteiger partial charge in [0.15, 0.2) is 11.5 Å². The average molecular weight is 211 g/mol. The third kappa shape index (κ3) is 2.40. The predicted octanol–water partition coefficient (Wildman–Crippen LogP) is 1.91. The molecule has 0 saturated heterocycles. The molecule has 0 saturated carbocycles. The summed E-state index contributed by atoms with van der Waals surface area (Å²) in [6.45, 7) is 4.26. The molecule has 0 spiro atoms. The maximum Gasteiger partial charge on any atom is 0.163 e. The number of ether oxygens (including phenoxy) is 1. The molecule has 1 aromatic rings. The van der Waals surface area contributed by atoms with E-state index in [1.807, 2.05) is 19.9 Å². The number of methoxy groups -OCH3 is 1. The highest BCUT2D eigenvalue weighted by atomic mass is 16.6. The monoisotopic (exact) mass is 211 g/mol. The van der Waals surface area contributed by atoms with Gasteiger partial charge in [-0.25, -0.2) is 5.90 Å².